The summed E-state index contributed by atoms with van der Waals surface area (Å²) in [6.07, 6.45) is 10.7. The molecule has 0 spiro atoms. The number of nitrogens with one attached hydrogen (secondary N) is 4. The lowest BCUT2D eigenvalue weighted by molar-refractivity contribution is 0.596. The maximum absolute atomic E-state index is 12.2. The van der Waals surface area contributed by atoms with E-state index in [1.165, 1.54) is 19.6 Å². The molecule has 1 aliphatic rings. The molecule has 4 N–H and O–H groups in total. The fourth-order valence-electron chi connectivity index (χ4n) is 3.22. The molecule has 1 unspecified atom stereocenters. The zero-order valence-corrected chi connectivity index (χ0v) is 18.8. The molecule has 2 aromatic rings. The van der Waals surface area contributed by atoms with Crippen molar-refractivity contribution in [3.8, 4) is 11.1 Å². The van der Waals surface area contributed by atoms with E-state index in [9.17, 15) is 4.39 Å². The van der Waals surface area contributed by atoms with Gasteiger partial charge >= 0.3 is 0 Å². The summed E-state index contributed by atoms with van der Waals surface area (Å²) in [4.78, 5) is 0.414. The summed E-state index contributed by atoms with van der Waals surface area (Å²) in [6, 6.07) is 6.75. The minimum Gasteiger partial charge on any atom is -0.384 e. The number of rotatable bonds is 7. The first-order chi connectivity index (χ1) is 14.4. The van der Waals surface area contributed by atoms with E-state index in [2.05, 4.69) is 52.5 Å². The fourth-order valence-corrected chi connectivity index (χ4v) is 3.33. The zero-order chi connectivity index (χ0) is 21.9. The number of anilines is 1. The van der Waals surface area contributed by atoms with Crippen molar-refractivity contribution in [3.63, 3.8) is 0 Å². The van der Waals surface area contributed by atoms with E-state index in [-0.39, 0.29) is 5.83 Å². The highest BCUT2D eigenvalue weighted by molar-refractivity contribution is 7.84. The molecule has 1 aliphatic heterocycles. The Morgan fingerprint density at radius 1 is 1.40 bits per heavy atom. The highest BCUT2D eigenvalue weighted by Gasteiger charge is 2.20. The number of H-pyrrole nitrogens is 1. The third kappa shape index (κ3) is 7.46. The van der Waals surface area contributed by atoms with Crippen LogP contribution in [-0.2, 0) is 0 Å². The predicted octanol–water partition coefficient (Wildman–Crippen LogP) is 5.57. The van der Waals surface area contributed by atoms with Crippen molar-refractivity contribution in [3.05, 3.63) is 59.0 Å². The highest BCUT2D eigenvalue weighted by atomic mass is 32.1. The van der Waals surface area contributed by atoms with Gasteiger partial charge in [0.15, 0.2) is 0 Å². The molecule has 3 rings (SSSR count). The molecular formula is C23H32FN5S. The molecule has 30 heavy (non-hydrogen) atoms. The molecule has 1 fully saturated rings. The molecule has 1 saturated heterocycles. The molecule has 5 nitrogen and oxygen atoms in total. The van der Waals surface area contributed by atoms with Crippen LogP contribution >= 0.6 is 12.6 Å². The van der Waals surface area contributed by atoms with Crippen LogP contribution in [0.15, 0.2) is 53.5 Å². The van der Waals surface area contributed by atoms with E-state index in [4.69, 9.17) is 5.41 Å². The van der Waals surface area contributed by atoms with Gasteiger partial charge in [-0.25, -0.2) is 4.39 Å². The number of allylic oxidation sites excluding steroid dienone is 3. The van der Waals surface area contributed by atoms with Gasteiger partial charge in [-0.1, -0.05) is 25.1 Å². The third-order valence-electron chi connectivity index (χ3n) is 4.93. The maximum atomic E-state index is 12.2. The van der Waals surface area contributed by atoms with Gasteiger partial charge in [-0.3, -0.25) is 5.10 Å². The summed E-state index contributed by atoms with van der Waals surface area (Å²) >= 11 is 3.88. The Labute approximate surface area is 184 Å². The van der Waals surface area contributed by atoms with Gasteiger partial charge in [-0.05, 0) is 56.8 Å². The third-order valence-corrected chi connectivity index (χ3v) is 5.38. The zero-order valence-electron chi connectivity index (χ0n) is 17.9. The Morgan fingerprint density at radius 2 is 2.20 bits per heavy atom. The van der Waals surface area contributed by atoms with E-state index in [0.717, 1.165) is 41.9 Å². The molecule has 0 aliphatic carbocycles. The van der Waals surface area contributed by atoms with Gasteiger partial charge in [0, 0.05) is 46.7 Å². The summed E-state index contributed by atoms with van der Waals surface area (Å²) in [7, 11) is 0. The second-order valence-electron chi connectivity index (χ2n) is 7.45. The second kappa shape index (κ2) is 12.3. The molecule has 2 heterocycles. The first kappa shape index (κ1) is 23.9. The summed E-state index contributed by atoms with van der Waals surface area (Å²) in [5.41, 5.74) is 4.05. The van der Waals surface area contributed by atoms with Crippen LogP contribution in [0, 0.1) is 11.3 Å². The molecule has 7 heteroatoms. The SMILES string of the molecule is CC/C=C\C(S)=C(/C)F.C[C@H]1CC(CNc2ccc(-c3cn[nH]c3)cc2C=N)CN1. The Balaban J connectivity index is 0.000000303. The first-order valence-electron chi connectivity index (χ1n) is 10.3. The smallest absolute Gasteiger partial charge is 0.110 e. The standard InChI is InChI=1S/C16H21N5.C7H11FS/c1-11-4-12(7-18-11)8-19-16-3-2-13(5-14(16)6-17)15-9-20-21-10-15;1-3-4-5-7(9)6(2)8/h2-3,5-6,9-12,17-19H,4,7-8H2,1H3,(H,20,21);4-5,9H,3H2,1-2H3/b;5-4-,7-6-/t11-,12?;/m0./s1. The van der Waals surface area contributed by atoms with Gasteiger partial charge in [0.25, 0.3) is 0 Å². The number of benzene rings is 1. The number of aromatic nitrogens is 2. The lowest BCUT2D eigenvalue weighted by atomic mass is 10.0. The van der Waals surface area contributed by atoms with Crippen LogP contribution in [0.25, 0.3) is 11.1 Å². The minimum atomic E-state index is -0.233. The number of thiol groups is 1. The Morgan fingerprint density at radius 3 is 2.77 bits per heavy atom. The molecule has 0 bridgehead atoms. The van der Waals surface area contributed by atoms with Crippen molar-refractivity contribution in [2.75, 3.05) is 18.4 Å². The maximum Gasteiger partial charge on any atom is 0.110 e. The van der Waals surface area contributed by atoms with E-state index in [1.54, 1.807) is 12.3 Å². The van der Waals surface area contributed by atoms with E-state index in [1.807, 2.05) is 25.3 Å². The molecule has 2 atom stereocenters. The number of nitrogens with zero attached hydrogens (tertiary/aromatic N) is 1. The average molecular weight is 430 g/mol. The van der Waals surface area contributed by atoms with Crippen molar-refractivity contribution in [2.45, 2.75) is 39.7 Å². The van der Waals surface area contributed by atoms with Gasteiger partial charge < -0.3 is 16.0 Å². The van der Waals surface area contributed by atoms with Crippen LogP contribution in [0.5, 0.6) is 0 Å². The predicted molar refractivity (Wildman–Crippen MR) is 128 cm³/mol. The molecule has 0 amide bonds. The van der Waals surface area contributed by atoms with E-state index >= 15 is 0 Å². The van der Waals surface area contributed by atoms with Crippen LogP contribution in [-0.4, -0.2) is 35.5 Å². The monoisotopic (exact) mass is 429 g/mol. The van der Waals surface area contributed by atoms with Gasteiger partial charge in [-0.15, -0.1) is 12.6 Å². The van der Waals surface area contributed by atoms with E-state index in [0.29, 0.717) is 16.9 Å². The fraction of sp³-hybridized carbons (Fsp3) is 0.391. The Bertz CT molecular complexity index is 856. The summed E-state index contributed by atoms with van der Waals surface area (Å²) in [5, 5.41) is 21.4. The van der Waals surface area contributed by atoms with Crippen molar-refractivity contribution in [1.82, 2.24) is 15.5 Å². The summed E-state index contributed by atoms with van der Waals surface area (Å²) in [5.74, 6) is 0.426. The van der Waals surface area contributed by atoms with Gasteiger partial charge in [0.05, 0.1) is 6.20 Å². The molecule has 0 saturated carbocycles. The molecule has 162 valence electrons. The Hall–Kier alpha value is -2.38. The molecule has 1 aromatic carbocycles. The largest absolute Gasteiger partial charge is 0.384 e. The summed E-state index contributed by atoms with van der Waals surface area (Å²) in [6.45, 7) is 7.63. The Kier molecular flexibility index (Phi) is 9.83. The quantitative estimate of drug-likeness (QED) is 0.227. The lowest BCUT2D eigenvalue weighted by Gasteiger charge is -2.14. The van der Waals surface area contributed by atoms with Crippen LogP contribution in [0.4, 0.5) is 10.1 Å². The van der Waals surface area contributed by atoms with Crippen LogP contribution in [0.3, 0.4) is 0 Å². The van der Waals surface area contributed by atoms with E-state index < -0.39 is 0 Å². The van der Waals surface area contributed by atoms with Gasteiger partial charge in [-0.2, -0.15) is 5.10 Å². The van der Waals surface area contributed by atoms with Crippen LogP contribution in [0.1, 0.15) is 39.2 Å². The van der Waals surface area contributed by atoms with Gasteiger partial charge in [0.1, 0.15) is 5.83 Å². The lowest BCUT2D eigenvalue weighted by Crippen LogP contribution is -2.19. The van der Waals surface area contributed by atoms with Gasteiger partial charge in [0.2, 0.25) is 0 Å². The van der Waals surface area contributed by atoms with Crippen molar-refractivity contribution in [2.24, 2.45) is 5.92 Å². The number of hydrogen-bond donors (Lipinski definition) is 5. The number of aromatic amines is 1. The molecular weight excluding hydrogens is 397 g/mol. The van der Waals surface area contributed by atoms with Crippen molar-refractivity contribution >= 4 is 24.5 Å². The van der Waals surface area contributed by atoms with Crippen molar-refractivity contribution < 1.29 is 4.39 Å². The minimum absolute atomic E-state index is 0.233. The first-order valence-corrected chi connectivity index (χ1v) is 10.7. The van der Waals surface area contributed by atoms with Crippen LogP contribution < -0.4 is 10.6 Å². The number of halogens is 1. The second-order valence-corrected chi connectivity index (χ2v) is 7.94. The molecule has 0 radical (unpaired) electrons. The highest BCUT2D eigenvalue weighted by Crippen LogP contribution is 2.24. The average Bonchev–Trinajstić information content (AvgIpc) is 3.42. The van der Waals surface area contributed by atoms with Crippen molar-refractivity contribution in [1.29, 1.82) is 5.41 Å². The topological polar surface area (TPSA) is 76.6 Å². The normalized spacial score (nSPS) is 19.2. The van der Waals surface area contributed by atoms with Crippen LogP contribution in [0.2, 0.25) is 0 Å². The summed E-state index contributed by atoms with van der Waals surface area (Å²) < 4.78 is 12.2. The molecule has 1 aromatic heterocycles. The number of hydrogen-bond acceptors (Lipinski definition) is 5.